The summed E-state index contributed by atoms with van der Waals surface area (Å²) in [6, 6.07) is -0.179. The third-order valence-electron chi connectivity index (χ3n) is 2.87. The quantitative estimate of drug-likeness (QED) is 0.663. The number of rotatable bonds is 2. The van der Waals surface area contributed by atoms with E-state index in [1.807, 2.05) is 0 Å². The molecule has 17 heavy (non-hydrogen) atoms. The van der Waals surface area contributed by atoms with E-state index in [0.717, 1.165) is 18.1 Å². The average Bonchev–Trinajstić information content (AvgIpc) is 2.39. The van der Waals surface area contributed by atoms with Crippen LogP contribution in [0.1, 0.15) is 0 Å². The Morgan fingerprint density at radius 2 is 2.29 bits per heavy atom. The smallest absolute Gasteiger partial charge is 0.334 e. The first-order valence-electron chi connectivity index (χ1n) is 5.63. The van der Waals surface area contributed by atoms with Crippen LogP contribution in [-0.2, 0) is 14.3 Å². The van der Waals surface area contributed by atoms with Gasteiger partial charge in [0, 0.05) is 24.6 Å². The monoisotopic (exact) mass is 260 g/mol. The van der Waals surface area contributed by atoms with Crippen LogP contribution in [0.2, 0.25) is 0 Å². The molecule has 0 spiro atoms. The second kappa shape index (κ2) is 5.70. The van der Waals surface area contributed by atoms with Crippen LogP contribution in [0.4, 0.5) is 0 Å². The van der Waals surface area contributed by atoms with Gasteiger partial charge in [0.15, 0.2) is 6.10 Å². The van der Waals surface area contributed by atoms with Crippen molar-refractivity contribution in [1.29, 1.82) is 0 Å². The van der Waals surface area contributed by atoms with Gasteiger partial charge < -0.3 is 20.1 Å². The number of nitrogens with zero attached hydrogens (tertiary/aromatic N) is 1. The molecule has 0 radical (unpaired) electrons. The van der Waals surface area contributed by atoms with Crippen molar-refractivity contribution in [3.8, 4) is 0 Å². The standard InChI is InChI=1S/C10H16N2O4S/c13-9(7-6-17-4-1-11-7)12-2-3-16-8(5-12)10(14)15/h7-8,11H,1-6H2,(H,14,15). The predicted octanol–water partition coefficient (Wildman–Crippen LogP) is -0.997. The number of carbonyl (C=O) groups is 2. The Labute approximate surface area is 104 Å². The summed E-state index contributed by atoms with van der Waals surface area (Å²) in [6.07, 6.45) is -0.885. The molecule has 2 N–H and O–H groups in total. The Hall–Kier alpha value is -0.790. The van der Waals surface area contributed by atoms with Gasteiger partial charge in [0.05, 0.1) is 19.2 Å². The summed E-state index contributed by atoms with van der Waals surface area (Å²) in [7, 11) is 0. The van der Waals surface area contributed by atoms with E-state index in [4.69, 9.17) is 9.84 Å². The maximum atomic E-state index is 12.1. The Kier molecular flexibility index (Phi) is 4.25. The first kappa shape index (κ1) is 12.7. The number of carboxylic acid groups (broad SMARTS) is 1. The number of nitrogens with one attached hydrogen (secondary N) is 1. The molecule has 2 atom stereocenters. The highest BCUT2D eigenvalue weighted by Crippen LogP contribution is 2.13. The fraction of sp³-hybridized carbons (Fsp3) is 0.800. The number of aliphatic carboxylic acids is 1. The largest absolute Gasteiger partial charge is 0.479 e. The van der Waals surface area contributed by atoms with Gasteiger partial charge in [-0.2, -0.15) is 11.8 Å². The number of thioether (sulfide) groups is 1. The lowest BCUT2D eigenvalue weighted by atomic mass is 10.2. The number of hydrogen-bond donors (Lipinski definition) is 2. The van der Waals surface area contributed by atoms with Gasteiger partial charge in [-0.05, 0) is 0 Å². The van der Waals surface area contributed by atoms with E-state index in [2.05, 4.69) is 5.32 Å². The van der Waals surface area contributed by atoms with E-state index in [9.17, 15) is 9.59 Å². The van der Waals surface area contributed by atoms with Crippen molar-refractivity contribution >= 4 is 23.6 Å². The summed E-state index contributed by atoms with van der Waals surface area (Å²) < 4.78 is 5.09. The summed E-state index contributed by atoms with van der Waals surface area (Å²) in [4.78, 5) is 24.5. The zero-order valence-electron chi connectivity index (χ0n) is 9.42. The molecule has 2 fully saturated rings. The number of hydrogen-bond acceptors (Lipinski definition) is 5. The van der Waals surface area contributed by atoms with Crippen molar-refractivity contribution in [3.05, 3.63) is 0 Å². The Bertz CT molecular complexity index is 307. The van der Waals surface area contributed by atoms with Gasteiger partial charge in [-0.15, -0.1) is 0 Å². The van der Waals surface area contributed by atoms with Gasteiger partial charge in [-0.3, -0.25) is 4.79 Å². The molecule has 0 bridgehead atoms. The van der Waals surface area contributed by atoms with E-state index < -0.39 is 12.1 Å². The zero-order valence-corrected chi connectivity index (χ0v) is 10.2. The lowest BCUT2D eigenvalue weighted by Crippen LogP contribution is -2.56. The number of carboxylic acids is 1. The van der Waals surface area contributed by atoms with Gasteiger partial charge in [0.1, 0.15) is 0 Å². The summed E-state index contributed by atoms with van der Waals surface area (Å²) in [5, 5.41) is 12.0. The molecule has 0 aromatic carbocycles. The highest BCUT2D eigenvalue weighted by molar-refractivity contribution is 7.99. The molecule has 96 valence electrons. The summed E-state index contributed by atoms with van der Waals surface area (Å²) in [6.45, 7) is 1.75. The molecule has 0 aliphatic carbocycles. The van der Waals surface area contributed by atoms with Crippen molar-refractivity contribution in [1.82, 2.24) is 10.2 Å². The lowest BCUT2D eigenvalue weighted by molar-refractivity contribution is -0.159. The van der Waals surface area contributed by atoms with Crippen LogP contribution < -0.4 is 5.32 Å². The van der Waals surface area contributed by atoms with Crippen molar-refractivity contribution in [2.24, 2.45) is 0 Å². The minimum Gasteiger partial charge on any atom is -0.479 e. The summed E-state index contributed by atoms with van der Waals surface area (Å²) >= 11 is 1.74. The predicted molar refractivity (Wildman–Crippen MR) is 63.1 cm³/mol. The number of amides is 1. The van der Waals surface area contributed by atoms with Crippen LogP contribution in [-0.4, -0.2) is 71.8 Å². The molecule has 7 heteroatoms. The highest BCUT2D eigenvalue weighted by atomic mass is 32.2. The van der Waals surface area contributed by atoms with Crippen LogP contribution >= 0.6 is 11.8 Å². The molecule has 2 unspecified atom stereocenters. The maximum Gasteiger partial charge on any atom is 0.334 e. The summed E-state index contributed by atoms with van der Waals surface area (Å²) in [5.41, 5.74) is 0. The van der Waals surface area contributed by atoms with Gasteiger partial charge in [0.25, 0.3) is 0 Å². The van der Waals surface area contributed by atoms with Crippen molar-refractivity contribution in [2.75, 3.05) is 37.7 Å². The van der Waals surface area contributed by atoms with E-state index in [0.29, 0.717) is 13.2 Å². The topological polar surface area (TPSA) is 78.9 Å². The molecule has 0 aromatic rings. The number of morpholine rings is 1. The fourth-order valence-corrected chi connectivity index (χ4v) is 2.87. The van der Waals surface area contributed by atoms with E-state index in [1.54, 1.807) is 16.7 Å². The normalized spacial score (nSPS) is 30.0. The minimum absolute atomic E-state index is 0.00764. The molecule has 6 nitrogen and oxygen atoms in total. The van der Waals surface area contributed by atoms with Gasteiger partial charge in [-0.1, -0.05) is 0 Å². The third kappa shape index (κ3) is 3.11. The van der Waals surface area contributed by atoms with Crippen molar-refractivity contribution in [2.45, 2.75) is 12.1 Å². The lowest BCUT2D eigenvalue weighted by Gasteiger charge is -2.34. The van der Waals surface area contributed by atoms with Crippen LogP contribution in [0, 0.1) is 0 Å². The Morgan fingerprint density at radius 3 is 2.94 bits per heavy atom. The van der Waals surface area contributed by atoms with Gasteiger partial charge in [0.2, 0.25) is 5.91 Å². The molecule has 2 rings (SSSR count). The van der Waals surface area contributed by atoms with Crippen LogP contribution in [0.25, 0.3) is 0 Å². The maximum absolute atomic E-state index is 12.1. The fourth-order valence-electron chi connectivity index (χ4n) is 1.94. The molecular weight excluding hydrogens is 244 g/mol. The third-order valence-corrected chi connectivity index (χ3v) is 3.94. The summed E-state index contributed by atoms with van der Waals surface area (Å²) in [5.74, 6) is 0.763. The molecule has 0 aromatic heterocycles. The molecule has 0 saturated carbocycles. The number of ether oxygens (including phenoxy) is 1. The van der Waals surface area contributed by atoms with Gasteiger partial charge in [-0.25, -0.2) is 4.79 Å². The molecule has 2 saturated heterocycles. The van der Waals surface area contributed by atoms with E-state index >= 15 is 0 Å². The molecule has 2 aliphatic rings. The average molecular weight is 260 g/mol. The van der Waals surface area contributed by atoms with E-state index in [1.165, 1.54) is 0 Å². The van der Waals surface area contributed by atoms with Crippen LogP contribution in [0.5, 0.6) is 0 Å². The van der Waals surface area contributed by atoms with Crippen LogP contribution in [0.15, 0.2) is 0 Å². The SMILES string of the molecule is O=C(O)C1CN(C(=O)C2CSCCN2)CCO1. The van der Waals surface area contributed by atoms with Crippen molar-refractivity contribution in [3.63, 3.8) is 0 Å². The second-order valence-corrected chi connectivity index (χ2v) is 5.21. The van der Waals surface area contributed by atoms with E-state index in [-0.39, 0.29) is 18.5 Å². The first-order chi connectivity index (χ1) is 8.18. The molecule has 2 aliphatic heterocycles. The minimum atomic E-state index is -1.01. The molecular formula is C10H16N2O4S. The number of carbonyl (C=O) groups excluding carboxylic acids is 1. The Balaban J connectivity index is 1.91. The zero-order chi connectivity index (χ0) is 12.3. The van der Waals surface area contributed by atoms with Crippen LogP contribution in [0.3, 0.4) is 0 Å². The first-order valence-corrected chi connectivity index (χ1v) is 6.78. The highest BCUT2D eigenvalue weighted by Gasteiger charge is 2.32. The van der Waals surface area contributed by atoms with Gasteiger partial charge >= 0.3 is 5.97 Å². The Morgan fingerprint density at radius 1 is 1.47 bits per heavy atom. The second-order valence-electron chi connectivity index (χ2n) is 4.06. The molecule has 1 amide bonds. The molecule has 2 heterocycles. The van der Waals surface area contributed by atoms with Crippen molar-refractivity contribution < 1.29 is 19.4 Å².